The van der Waals surface area contributed by atoms with E-state index in [1.807, 2.05) is 68.0 Å². The number of aryl methyl sites for hydroxylation is 1. The number of carbonyl (C=O) groups is 1. The average Bonchev–Trinajstić information content (AvgIpc) is 3.22. The fourth-order valence-corrected chi connectivity index (χ4v) is 5.70. The van der Waals surface area contributed by atoms with Gasteiger partial charge >= 0.3 is 0 Å². The average molecular weight is 440 g/mol. The van der Waals surface area contributed by atoms with E-state index >= 15 is 0 Å². The Hall–Kier alpha value is -3.74. The van der Waals surface area contributed by atoms with Gasteiger partial charge in [0.25, 0.3) is 11.5 Å². The van der Waals surface area contributed by atoms with Crippen LogP contribution in [0.15, 0.2) is 65.7 Å². The number of nitrogens with zero attached hydrogens (tertiary/aromatic N) is 3. The molecular formula is C26H25N5O2. The lowest BCUT2D eigenvalue weighted by Gasteiger charge is -2.57. The van der Waals surface area contributed by atoms with Crippen LogP contribution in [0.5, 0.6) is 0 Å². The lowest BCUT2D eigenvalue weighted by atomic mass is 9.49. The summed E-state index contributed by atoms with van der Waals surface area (Å²) in [5, 5.41) is 16.1. The highest BCUT2D eigenvalue weighted by atomic mass is 16.1. The molecule has 166 valence electrons. The second-order valence-electron chi connectivity index (χ2n) is 9.65. The molecule has 7 heteroatoms. The van der Waals surface area contributed by atoms with Crippen LogP contribution in [0.1, 0.15) is 47.7 Å². The fraction of sp³-hybridized carbons (Fsp3) is 0.308. The number of aromatic nitrogens is 4. The topological polar surface area (TPSA) is 92.7 Å². The zero-order valence-corrected chi connectivity index (χ0v) is 18.4. The van der Waals surface area contributed by atoms with Gasteiger partial charge in [0.2, 0.25) is 0 Å². The van der Waals surface area contributed by atoms with Gasteiger partial charge in [-0.15, -0.1) is 0 Å². The third-order valence-corrected chi connectivity index (χ3v) is 7.35. The standard InChI is InChI=1S/C26H25N5O2/c1-31-15-19(14-27-31)16-6-8-17(9-7-16)24(32)28-20-12-26(13-20)10-18(11-26)23-21-4-2-3-5-22(21)25(33)30-29-23/h2-9,14-15,18,20H,10-13H2,1H3,(H,28,32)(H,30,33). The zero-order chi connectivity index (χ0) is 22.6. The van der Waals surface area contributed by atoms with E-state index in [0.717, 1.165) is 47.9 Å². The number of amides is 1. The first-order valence-corrected chi connectivity index (χ1v) is 11.4. The Morgan fingerprint density at radius 1 is 1.03 bits per heavy atom. The van der Waals surface area contributed by atoms with Gasteiger partial charge in [0.1, 0.15) is 0 Å². The summed E-state index contributed by atoms with van der Waals surface area (Å²) >= 11 is 0. The molecule has 0 atom stereocenters. The summed E-state index contributed by atoms with van der Waals surface area (Å²) in [6.07, 6.45) is 7.90. The van der Waals surface area contributed by atoms with Gasteiger partial charge in [-0.25, -0.2) is 5.10 Å². The molecule has 0 aliphatic heterocycles. The van der Waals surface area contributed by atoms with Crippen molar-refractivity contribution in [2.45, 2.75) is 37.6 Å². The predicted octanol–water partition coefficient (Wildman–Crippen LogP) is 3.78. The van der Waals surface area contributed by atoms with Gasteiger partial charge in [-0.2, -0.15) is 10.2 Å². The number of hydrogen-bond acceptors (Lipinski definition) is 4. The van der Waals surface area contributed by atoms with E-state index in [-0.39, 0.29) is 17.5 Å². The molecular weight excluding hydrogens is 414 g/mol. The monoisotopic (exact) mass is 439 g/mol. The van der Waals surface area contributed by atoms with Crippen molar-refractivity contribution in [1.29, 1.82) is 0 Å². The predicted molar refractivity (Wildman–Crippen MR) is 126 cm³/mol. The van der Waals surface area contributed by atoms with E-state index in [1.54, 1.807) is 4.68 Å². The van der Waals surface area contributed by atoms with Crippen molar-refractivity contribution in [3.63, 3.8) is 0 Å². The van der Waals surface area contributed by atoms with Crippen molar-refractivity contribution in [3.05, 3.63) is 82.5 Å². The van der Waals surface area contributed by atoms with Gasteiger partial charge in [-0.3, -0.25) is 14.3 Å². The number of benzene rings is 2. The molecule has 2 aliphatic rings. The van der Waals surface area contributed by atoms with Crippen LogP contribution in [0.25, 0.3) is 21.9 Å². The zero-order valence-electron chi connectivity index (χ0n) is 18.4. The molecule has 0 radical (unpaired) electrons. The molecule has 6 rings (SSSR count). The van der Waals surface area contributed by atoms with E-state index in [2.05, 4.69) is 20.6 Å². The minimum absolute atomic E-state index is 0.0169. The lowest BCUT2D eigenvalue weighted by Crippen LogP contribution is -2.55. The number of fused-ring (bicyclic) bond motifs is 1. The Balaban J connectivity index is 1.06. The Kier molecular flexibility index (Phi) is 4.47. The van der Waals surface area contributed by atoms with Gasteiger partial charge in [0.15, 0.2) is 0 Å². The molecule has 1 amide bonds. The second-order valence-corrected chi connectivity index (χ2v) is 9.65. The molecule has 2 aromatic heterocycles. The van der Waals surface area contributed by atoms with Crippen LogP contribution in [0.3, 0.4) is 0 Å². The first-order chi connectivity index (χ1) is 16.0. The van der Waals surface area contributed by atoms with E-state index in [0.29, 0.717) is 22.3 Å². The molecule has 2 heterocycles. The van der Waals surface area contributed by atoms with Crippen molar-refractivity contribution in [2.24, 2.45) is 12.5 Å². The van der Waals surface area contributed by atoms with Gasteiger partial charge in [0, 0.05) is 41.7 Å². The van der Waals surface area contributed by atoms with Gasteiger partial charge < -0.3 is 5.32 Å². The highest BCUT2D eigenvalue weighted by molar-refractivity contribution is 5.95. The highest BCUT2D eigenvalue weighted by Gasteiger charge is 2.54. The van der Waals surface area contributed by atoms with Gasteiger partial charge in [-0.05, 0) is 54.9 Å². The summed E-state index contributed by atoms with van der Waals surface area (Å²) in [5.74, 6) is 0.347. The number of rotatable bonds is 4. The Morgan fingerprint density at radius 3 is 2.45 bits per heavy atom. The van der Waals surface area contributed by atoms with Gasteiger partial charge in [-0.1, -0.05) is 30.3 Å². The molecule has 4 aromatic rings. The van der Waals surface area contributed by atoms with Crippen LogP contribution in [0.2, 0.25) is 0 Å². The molecule has 2 fully saturated rings. The van der Waals surface area contributed by atoms with Crippen molar-refractivity contribution in [3.8, 4) is 11.1 Å². The maximum atomic E-state index is 12.7. The Labute approximate surface area is 190 Å². The summed E-state index contributed by atoms with van der Waals surface area (Å²) < 4.78 is 1.77. The quantitative estimate of drug-likeness (QED) is 0.506. The lowest BCUT2D eigenvalue weighted by molar-refractivity contribution is -0.0196. The number of aromatic amines is 1. The molecule has 2 aromatic carbocycles. The molecule has 0 unspecified atom stereocenters. The number of carbonyl (C=O) groups excluding carboxylic acids is 1. The number of H-pyrrole nitrogens is 1. The molecule has 0 saturated heterocycles. The molecule has 2 N–H and O–H groups in total. The Bertz CT molecular complexity index is 1400. The molecule has 2 saturated carbocycles. The van der Waals surface area contributed by atoms with Crippen LogP contribution >= 0.6 is 0 Å². The third-order valence-electron chi connectivity index (χ3n) is 7.35. The molecule has 2 aliphatic carbocycles. The second kappa shape index (κ2) is 7.40. The first-order valence-electron chi connectivity index (χ1n) is 11.4. The van der Waals surface area contributed by atoms with Crippen LogP contribution in [-0.4, -0.2) is 31.9 Å². The van der Waals surface area contributed by atoms with Gasteiger partial charge in [0.05, 0.1) is 17.3 Å². The van der Waals surface area contributed by atoms with E-state index in [9.17, 15) is 9.59 Å². The minimum atomic E-state index is -0.136. The summed E-state index contributed by atoms with van der Waals surface area (Å²) in [5.41, 5.74) is 3.92. The number of hydrogen-bond donors (Lipinski definition) is 2. The van der Waals surface area contributed by atoms with E-state index in [4.69, 9.17) is 0 Å². The molecule has 0 bridgehead atoms. The highest BCUT2D eigenvalue weighted by Crippen LogP contribution is 2.62. The molecule has 7 nitrogen and oxygen atoms in total. The van der Waals surface area contributed by atoms with Crippen LogP contribution in [-0.2, 0) is 7.05 Å². The van der Waals surface area contributed by atoms with E-state index < -0.39 is 0 Å². The number of nitrogens with one attached hydrogen (secondary N) is 2. The van der Waals surface area contributed by atoms with Crippen LogP contribution < -0.4 is 10.9 Å². The summed E-state index contributed by atoms with van der Waals surface area (Å²) in [7, 11) is 1.89. The first kappa shape index (κ1) is 19.9. The summed E-state index contributed by atoms with van der Waals surface area (Å²) in [6.45, 7) is 0. The maximum Gasteiger partial charge on any atom is 0.272 e. The summed E-state index contributed by atoms with van der Waals surface area (Å²) in [4.78, 5) is 24.8. The smallest absolute Gasteiger partial charge is 0.272 e. The SMILES string of the molecule is Cn1cc(-c2ccc(C(=O)NC3CC4(C3)CC(c3n[nH]c(=O)c5ccccc35)C4)cc2)cn1. The minimum Gasteiger partial charge on any atom is -0.349 e. The Morgan fingerprint density at radius 2 is 1.76 bits per heavy atom. The molecule has 33 heavy (non-hydrogen) atoms. The van der Waals surface area contributed by atoms with Crippen LogP contribution in [0.4, 0.5) is 0 Å². The molecule has 1 spiro atoms. The van der Waals surface area contributed by atoms with Crippen molar-refractivity contribution < 1.29 is 4.79 Å². The fourth-order valence-electron chi connectivity index (χ4n) is 5.70. The van der Waals surface area contributed by atoms with Crippen LogP contribution in [0, 0.1) is 5.41 Å². The third kappa shape index (κ3) is 3.44. The van der Waals surface area contributed by atoms with Crippen molar-refractivity contribution in [1.82, 2.24) is 25.3 Å². The van der Waals surface area contributed by atoms with E-state index in [1.165, 1.54) is 0 Å². The summed E-state index contributed by atoms with van der Waals surface area (Å²) in [6, 6.07) is 15.6. The maximum absolute atomic E-state index is 12.7. The normalized spacial score (nSPS) is 23.8. The van der Waals surface area contributed by atoms with Crippen molar-refractivity contribution in [2.75, 3.05) is 0 Å². The largest absolute Gasteiger partial charge is 0.349 e. The van der Waals surface area contributed by atoms with Crippen molar-refractivity contribution >= 4 is 16.7 Å².